The van der Waals surface area contributed by atoms with Gasteiger partial charge in [-0.3, -0.25) is 15.1 Å². The molecule has 31 heavy (non-hydrogen) atoms. The van der Waals surface area contributed by atoms with Crippen LogP contribution in [0.4, 0.5) is 0 Å². The van der Waals surface area contributed by atoms with Crippen LogP contribution in [0.25, 0.3) is 39.3 Å². The van der Waals surface area contributed by atoms with E-state index in [1.54, 1.807) is 24.7 Å². The first-order chi connectivity index (χ1) is 15.2. The van der Waals surface area contributed by atoms with Gasteiger partial charge in [0.2, 0.25) is 0 Å². The lowest BCUT2D eigenvalue weighted by atomic mass is 9.98. The largest absolute Gasteiger partial charge is 0.357 e. The molecule has 150 valence electrons. The number of hydrogen-bond acceptors (Lipinski definition) is 4. The summed E-state index contributed by atoms with van der Waals surface area (Å²) in [6, 6.07) is 14.0. The minimum Gasteiger partial charge on any atom is -0.357 e. The normalized spacial score (nSPS) is 11.7. The van der Waals surface area contributed by atoms with Gasteiger partial charge in [-0.05, 0) is 60.5 Å². The van der Waals surface area contributed by atoms with Gasteiger partial charge >= 0.3 is 0 Å². The van der Waals surface area contributed by atoms with E-state index in [1.165, 1.54) is 0 Å². The van der Waals surface area contributed by atoms with Crippen LogP contribution in [0.5, 0.6) is 0 Å². The SMILES string of the molecule is C=C/C=C(/c1ccncc1)c1cc(-c2n[nH]c3ccc(-c4cccnc4)nc23)[nH]c1C. The highest BCUT2D eigenvalue weighted by Crippen LogP contribution is 2.32. The van der Waals surface area contributed by atoms with Gasteiger partial charge in [0.15, 0.2) is 0 Å². The van der Waals surface area contributed by atoms with Crippen molar-refractivity contribution in [3.8, 4) is 22.6 Å². The minimum absolute atomic E-state index is 0.780. The molecule has 5 aromatic rings. The molecule has 0 spiro atoms. The maximum Gasteiger partial charge on any atom is 0.135 e. The molecule has 0 unspecified atom stereocenters. The van der Waals surface area contributed by atoms with E-state index in [9.17, 15) is 0 Å². The van der Waals surface area contributed by atoms with E-state index < -0.39 is 0 Å². The Bertz CT molecular complexity index is 1390. The maximum atomic E-state index is 4.87. The van der Waals surface area contributed by atoms with Gasteiger partial charge in [0, 0.05) is 41.6 Å². The lowest BCUT2D eigenvalue weighted by Gasteiger charge is -2.06. The van der Waals surface area contributed by atoms with Crippen molar-refractivity contribution in [1.82, 2.24) is 30.1 Å². The molecule has 0 amide bonds. The molecule has 0 aromatic carbocycles. The third-order valence-electron chi connectivity index (χ3n) is 5.20. The fourth-order valence-corrected chi connectivity index (χ4v) is 3.72. The van der Waals surface area contributed by atoms with E-state index in [1.807, 2.05) is 48.7 Å². The van der Waals surface area contributed by atoms with Crippen molar-refractivity contribution >= 4 is 16.6 Å². The number of hydrogen-bond donors (Lipinski definition) is 2. The third kappa shape index (κ3) is 3.44. The average Bonchev–Trinajstić information content (AvgIpc) is 3.41. The molecule has 0 bridgehead atoms. The van der Waals surface area contributed by atoms with Gasteiger partial charge in [0.05, 0.1) is 16.9 Å². The fraction of sp³-hybridized carbons (Fsp3) is 0.0400. The molecule has 0 fully saturated rings. The predicted octanol–water partition coefficient (Wildman–Crippen LogP) is 5.34. The molecule has 5 rings (SSSR count). The molecule has 6 heteroatoms. The first kappa shape index (κ1) is 18.7. The third-order valence-corrected chi connectivity index (χ3v) is 5.20. The molecule has 6 nitrogen and oxygen atoms in total. The topological polar surface area (TPSA) is 83.1 Å². The number of aromatic nitrogens is 6. The van der Waals surface area contributed by atoms with Crippen molar-refractivity contribution in [2.24, 2.45) is 0 Å². The summed E-state index contributed by atoms with van der Waals surface area (Å²) in [6.07, 6.45) is 11.0. The van der Waals surface area contributed by atoms with Crippen molar-refractivity contribution in [3.63, 3.8) is 0 Å². The first-order valence-electron chi connectivity index (χ1n) is 9.93. The highest BCUT2D eigenvalue weighted by molar-refractivity contribution is 5.92. The molecule has 0 aliphatic rings. The zero-order valence-electron chi connectivity index (χ0n) is 17.0. The first-order valence-corrected chi connectivity index (χ1v) is 9.93. The Morgan fingerprint density at radius 3 is 2.68 bits per heavy atom. The standard InChI is InChI=1S/C25H20N6/c1-3-5-19(17-9-12-26-13-10-17)20-14-23(28-16(20)2)25-24-22(30-31-25)8-7-21(29-24)18-6-4-11-27-15-18/h3-15,28H,1H2,2H3,(H,30,31)/b19-5-. The highest BCUT2D eigenvalue weighted by atomic mass is 15.1. The number of nitrogens with one attached hydrogen (secondary N) is 2. The summed E-state index contributed by atoms with van der Waals surface area (Å²) in [5.74, 6) is 0. The molecule has 0 aliphatic heterocycles. The average molecular weight is 404 g/mol. The van der Waals surface area contributed by atoms with Crippen molar-refractivity contribution in [1.29, 1.82) is 0 Å². The fourth-order valence-electron chi connectivity index (χ4n) is 3.72. The number of H-pyrrole nitrogens is 2. The van der Waals surface area contributed by atoms with Gasteiger partial charge in [0.25, 0.3) is 0 Å². The second kappa shape index (κ2) is 7.84. The van der Waals surface area contributed by atoms with Crippen LogP contribution in [0.15, 0.2) is 86.0 Å². The smallest absolute Gasteiger partial charge is 0.135 e. The zero-order chi connectivity index (χ0) is 21.2. The van der Waals surface area contributed by atoms with Crippen LogP contribution in [0.2, 0.25) is 0 Å². The van der Waals surface area contributed by atoms with Crippen LogP contribution in [0.3, 0.4) is 0 Å². The van der Waals surface area contributed by atoms with E-state index in [2.05, 4.69) is 44.7 Å². The molecule has 0 atom stereocenters. The summed E-state index contributed by atoms with van der Waals surface area (Å²) in [6.45, 7) is 5.94. The number of pyridine rings is 3. The monoisotopic (exact) mass is 404 g/mol. The van der Waals surface area contributed by atoms with Gasteiger partial charge in [-0.15, -0.1) is 0 Å². The van der Waals surface area contributed by atoms with Crippen LogP contribution < -0.4 is 0 Å². The Hall–Kier alpha value is -4.32. The number of aromatic amines is 2. The van der Waals surface area contributed by atoms with Gasteiger partial charge < -0.3 is 4.98 Å². The van der Waals surface area contributed by atoms with Crippen molar-refractivity contribution in [3.05, 3.63) is 103 Å². The Kier molecular flexibility index (Phi) is 4.72. The summed E-state index contributed by atoms with van der Waals surface area (Å²) >= 11 is 0. The summed E-state index contributed by atoms with van der Waals surface area (Å²) in [7, 11) is 0. The van der Waals surface area contributed by atoms with Crippen LogP contribution in [-0.4, -0.2) is 30.1 Å². The number of nitrogens with zero attached hydrogens (tertiary/aromatic N) is 4. The Morgan fingerprint density at radius 1 is 1.03 bits per heavy atom. The summed E-state index contributed by atoms with van der Waals surface area (Å²) in [5.41, 5.74) is 9.47. The molecule has 0 radical (unpaired) electrons. The quantitative estimate of drug-likeness (QED) is 0.388. The van der Waals surface area contributed by atoms with E-state index >= 15 is 0 Å². The van der Waals surface area contributed by atoms with Crippen LogP contribution in [-0.2, 0) is 0 Å². The van der Waals surface area contributed by atoms with Crippen LogP contribution >= 0.6 is 0 Å². The van der Waals surface area contributed by atoms with Crippen molar-refractivity contribution < 1.29 is 0 Å². The van der Waals surface area contributed by atoms with Crippen molar-refractivity contribution in [2.45, 2.75) is 6.92 Å². The van der Waals surface area contributed by atoms with Crippen molar-refractivity contribution in [2.75, 3.05) is 0 Å². The molecule has 0 saturated heterocycles. The number of aryl methyl sites for hydroxylation is 1. The lowest BCUT2D eigenvalue weighted by Crippen LogP contribution is -1.88. The number of rotatable bonds is 5. The molecular formula is C25H20N6. The molecule has 5 heterocycles. The summed E-state index contributed by atoms with van der Waals surface area (Å²) in [4.78, 5) is 16.7. The Labute approximate surface area is 179 Å². The molecule has 2 N–H and O–H groups in total. The van der Waals surface area contributed by atoms with E-state index in [-0.39, 0.29) is 0 Å². The highest BCUT2D eigenvalue weighted by Gasteiger charge is 2.17. The van der Waals surface area contributed by atoms with Crippen LogP contribution in [0, 0.1) is 6.92 Å². The zero-order valence-corrected chi connectivity index (χ0v) is 17.0. The summed E-state index contributed by atoms with van der Waals surface area (Å²) < 4.78 is 0. The lowest BCUT2D eigenvalue weighted by molar-refractivity contribution is 1.11. The molecule has 5 aromatic heterocycles. The Balaban J connectivity index is 1.62. The summed E-state index contributed by atoms with van der Waals surface area (Å²) in [5, 5.41) is 7.64. The number of allylic oxidation sites excluding steroid dienone is 2. The van der Waals surface area contributed by atoms with E-state index in [4.69, 9.17) is 4.98 Å². The number of fused-ring (bicyclic) bond motifs is 1. The predicted molar refractivity (Wildman–Crippen MR) is 123 cm³/mol. The van der Waals surface area contributed by atoms with Gasteiger partial charge in [-0.25, -0.2) is 4.98 Å². The molecule has 0 aliphatic carbocycles. The van der Waals surface area contributed by atoms with E-state index in [0.29, 0.717) is 0 Å². The second-order valence-electron chi connectivity index (χ2n) is 7.18. The van der Waals surface area contributed by atoms with Gasteiger partial charge in [-0.2, -0.15) is 5.10 Å². The van der Waals surface area contributed by atoms with Gasteiger partial charge in [-0.1, -0.05) is 18.7 Å². The second-order valence-corrected chi connectivity index (χ2v) is 7.18. The van der Waals surface area contributed by atoms with E-state index in [0.717, 1.165) is 56.1 Å². The molecular weight excluding hydrogens is 384 g/mol. The Morgan fingerprint density at radius 2 is 1.90 bits per heavy atom. The van der Waals surface area contributed by atoms with Crippen LogP contribution in [0.1, 0.15) is 16.8 Å². The van der Waals surface area contributed by atoms with Gasteiger partial charge in [0.1, 0.15) is 11.2 Å². The maximum absolute atomic E-state index is 4.87. The minimum atomic E-state index is 0.780. The molecule has 0 saturated carbocycles.